The number of rotatable bonds is 3. The van der Waals surface area contributed by atoms with Crippen molar-refractivity contribution < 1.29 is 32.9 Å². The second-order valence-corrected chi connectivity index (χ2v) is 6.89. The normalized spacial score (nSPS) is 15.3. The molecule has 0 amide bonds. The van der Waals surface area contributed by atoms with Crippen LogP contribution >= 0.6 is 0 Å². The summed E-state index contributed by atoms with van der Waals surface area (Å²) >= 11 is 0. The van der Waals surface area contributed by atoms with Crippen LogP contribution in [0.2, 0.25) is 0 Å². The molecule has 0 saturated heterocycles. The largest absolute Gasteiger partial charge is 0.507 e. The highest BCUT2D eigenvalue weighted by molar-refractivity contribution is 6.11. The van der Waals surface area contributed by atoms with Gasteiger partial charge in [-0.25, -0.2) is 0 Å². The number of fused-ring (bicyclic) bond motifs is 1. The van der Waals surface area contributed by atoms with Crippen molar-refractivity contribution >= 4 is 17.9 Å². The number of ketones is 1. The number of aromatic hydroxyl groups is 2. The fourth-order valence-electron chi connectivity index (χ4n) is 2.77. The predicted octanol–water partition coefficient (Wildman–Crippen LogP) is 5.20. The van der Waals surface area contributed by atoms with Crippen LogP contribution in [0.5, 0.6) is 17.2 Å². The topological polar surface area (TPSA) is 66.8 Å². The van der Waals surface area contributed by atoms with Gasteiger partial charge in [0.25, 0.3) is 0 Å². The number of ether oxygens (including phenoxy) is 1. The Bertz CT molecular complexity index is 984. The van der Waals surface area contributed by atoms with Gasteiger partial charge >= 0.3 is 6.18 Å². The lowest BCUT2D eigenvalue weighted by molar-refractivity contribution is -0.137. The molecule has 3 rings (SSSR count). The molecule has 0 saturated carbocycles. The molecule has 1 aliphatic heterocycles. The van der Waals surface area contributed by atoms with E-state index in [0.29, 0.717) is 5.56 Å². The second-order valence-electron chi connectivity index (χ2n) is 6.89. The van der Waals surface area contributed by atoms with Gasteiger partial charge in [-0.3, -0.25) is 4.79 Å². The lowest BCUT2D eigenvalue weighted by atomic mass is 9.96. The van der Waals surface area contributed by atoms with E-state index < -0.39 is 28.9 Å². The fourth-order valence-corrected chi connectivity index (χ4v) is 2.77. The molecule has 0 aromatic heterocycles. The molecule has 2 N–H and O–H groups in total. The molecule has 0 fully saturated rings. The smallest absolute Gasteiger partial charge is 0.416 e. The molecule has 2 aromatic carbocycles. The number of phenolic OH excluding ortho intramolecular Hbond substituents is 2. The molecule has 0 aliphatic carbocycles. The van der Waals surface area contributed by atoms with Crippen molar-refractivity contribution in [3.63, 3.8) is 0 Å². The van der Waals surface area contributed by atoms with Gasteiger partial charge in [0.05, 0.1) is 11.1 Å². The lowest BCUT2D eigenvalue weighted by Crippen LogP contribution is -2.28. The van der Waals surface area contributed by atoms with Crippen LogP contribution in [0.15, 0.2) is 42.5 Å². The van der Waals surface area contributed by atoms with Crippen molar-refractivity contribution in [2.24, 2.45) is 0 Å². The molecular weight excluding hydrogens is 373 g/mol. The summed E-state index contributed by atoms with van der Waals surface area (Å²) in [6, 6.07) is 5.35. The summed E-state index contributed by atoms with van der Waals surface area (Å²) in [6.07, 6.45) is 1.34. The van der Waals surface area contributed by atoms with Crippen molar-refractivity contribution in [2.45, 2.75) is 25.6 Å². The SMILES string of the molecule is CC1(C)C=Cc2c(O)cc(O)c(C(=O)/C=C/c3ccc(C(F)(F)F)cc3)c2O1. The number of benzene rings is 2. The van der Waals surface area contributed by atoms with Crippen LogP contribution in [0.25, 0.3) is 12.2 Å². The zero-order chi connectivity index (χ0) is 20.7. The van der Waals surface area contributed by atoms with Gasteiger partial charge in [0.15, 0.2) is 5.78 Å². The van der Waals surface area contributed by atoms with Crippen molar-refractivity contribution in [3.05, 3.63) is 64.7 Å². The third-order valence-corrected chi connectivity index (χ3v) is 4.21. The number of hydrogen-bond acceptors (Lipinski definition) is 4. The predicted molar refractivity (Wildman–Crippen MR) is 98.3 cm³/mol. The van der Waals surface area contributed by atoms with Crippen molar-refractivity contribution in [1.82, 2.24) is 0 Å². The molecule has 0 bridgehead atoms. The first kappa shape index (κ1) is 19.5. The highest BCUT2D eigenvalue weighted by Gasteiger charge is 2.31. The zero-order valence-corrected chi connectivity index (χ0v) is 15.0. The number of hydrogen-bond donors (Lipinski definition) is 2. The molecule has 0 atom stereocenters. The van der Waals surface area contributed by atoms with Gasteiger partial charge in [-0.05, 0) is 49.8 Å². The molecule has 0 spiro atoms. The maximum atomic E-state index is 12.6. The van der Waals surface area contributed by atoms with E-state index in [1.54, 1.807) is 26.0 Å². The van der Waals surface area contributed by atoms with E-state index in [2.05, 4.69) is 0 Å². The third kappa shape index (κ3) is 3.88. The average molecular weight is 390 g/mol. The highest BCUT2D eigenvalue weighted by Crippen LogP contribution is 2.43. The monoisotopic (exact) mass is 390 g/mol. The van der Waals surface area contributed by atoms with Crippen molar-refractivity contribution in [3.8, 4) is 17.2 Å². The average Bonchev–Trinajstić information content (AvgIpc) is 2.58. The van der Waals surface area contributed by atoms with Gasteiger partial charge in [0, 0.05) is 6.07 Å². The minimum absolute atomic E-state index is 0.0482. The van der Waals surface area contributed by atoms with Crippen LogP contribution in [-0.4, -0.2) is 21.6 Å². The first-order valence-electron chi connectivity index (χ1n) is 8.35. The Morgan fingerprint density at radius 1 is 1.11 bits per heavy atom. The molecule has 7 heteroatoms. The van der Waals surface area contributed by atoms with E-state index in [1.807, 2.05) is 0 Å². The van der Waals surface area contributed by atoms with E-state index >= 15 is 0 Å². The van der Waals surface area contributed by atoms with Crippen LogP contribution in [-0.2, 0) is 6.18 Å². The number of alkyl halides is 3. The Morgan fingerprint density at radius 2 is 1.75 bits per heavy atom. The standard InChI is InChI=1S/C21H17F3O4/c1-20(2)10-9-14-16(26)11-17(27)18(19(14)28-20)15(25)8-5-12-3-6-13(7-4-12)21(22,23)24/h3-11,26-27H,1-2H3/b8-5+. The van der Waals surface area contributed by atoms with E-state index in [1.165, 1.54) is 18.2 Å². The summed E-state index contributed by atoms with van der Waals surface area (Å²) < 4.78 is 43.6. The minimum atomic E-state index is -4.44. The molecule has 0 unspecified atom stereocenters. The molecule has 28 heavy (non-hydrogen) atoms. The van der Waals surface area contributed by atoms with E-state index in [4.69, 9.17) is 4.74 Å². The molecular formula is C21H17F3O4. The second kappa shape index (κ2) is 6.74. The van der Waals surface area contributed by atoms with Crippen LogP contribution in [0.3, 0.4) is 0 Å². The molecule has 0 radical (unpaired) electrons. The Labute approximate surface area is 159 Å². The number of carbonyl (C=O) groups is 1. The number of carbonyl (C=O) groups excluding carboxylic acids is 1. The van der Waals surface area contributed by atoms with E-state index in [-0.39, 0.29) is 22.6 Å². The summed E-state index contributed by atoms with van der Waals surface area (Å²) in [5.74, 6) is -1.25. The minimum Gasteiger partial charge on any atom is -0.507 e. The maximum absolute atomic E-state index is 12.6. The fraction of sp³-hybridized carbons (Fsp3) is 0.190. The summed E-state index contributed by atoms with van der Waals surface area (Å²) in [7, 11) is 0. The van der Waals surface area contributed by atoms with Crippen LogP contribution < -0.4 is 4.74 Å². The highest BCUT2D eigenvalue weighted by atomic mass is 19.4. The van der Waals surface area contributed by atoms with Gasteiger partial charge in [-0.1, -0.05) is 18.2 Å². The quantitative estimate of drug-likeness (QED) is 0.559. The molecule has 146 valence electrons. The van der Waals surface area contributed by atoms with Gasteiger partial charge in [-0.15, -0.1) is 0 Å². The van der Waals surface area contributed by atoms with Crippen LogP contribution in [0.1, 0.15) is 40.9 Å². The lowest BCUT2D eigenvalue weighted by Gasteiger charge is -2.29. The maximum Gasteiger partial charge on any atom is 0.416 e. The van der Waals surface area contributed by atoms with Gasteiger partial charge < -0.3 is 14.9 Å². The Kier molecular flexibility index (Phi) is 4.71. The molecule has 4 nitrogen and oxygen atoms in total. The summed E-state index contributed by atoms with van der Waals surface area (Å²) in [5.41, 5.74) is -1.02. The third-order valence-electron chi connectivity index (χ3n) is 4.21. The first-order valence-corrected chi connectivity index (χ1v) is 8.35. The van der Waals surface area contributed by atoms with Gasteiger partial charge in [0.1, 0.15) is 28.4 Å². The van der Waals surface area contributed by atoms with Crippen molar-refractivity contribution in [1.29, 1.82) is 0 Å². The van der Waals surface area contributed by atoms with E-state index in [9.17, 15) is 28.2 Å². The molecule has 1 heterocycles. The van der Waals surface area contributed by atoms with Gasteiger partial charge in [0.2, 0.25) is 0 Å². The van der Waals surface area contributed by atoms with E-state index in [0.717, 1.165) is 24.3 Å². The zero-order valence-electron chi connectivity index (χ0n) is 15.0. The summed E-state index contributed by atoms with van der Waals surface area (Å²) in [5, 5.41) is 20.2. The molecule has 1 aliphatic rings. The van der Waals surface area contributed by atoms with Crippen molar-refractivity contribution in [2.75, 3.05) is 0 Å². The Balaban J connectivity index is 1.93. The van der Waals surface area contributed by atoms with Crippen LogP contribution in [0, 0.1) is 0 Å². The molecule has 2 aromatic rings. The summed E-state index contributed by atoms with van der Waals surface area (Å²) in [6.45, 7) is 3.50. The number of halogens is 3. The Morgan fingerprint density at radius 3 is 2.36 bits per heavy atom. The van der Waals surface area contributed by atoms with Gasteiger partial charge in [-0.2, -0.15) is 13.2 Å². The van der Waals surface area contributed by atoms with Crippen LogP contribution in [0.4, 0.5) is 13.2 Å². The first-order chi connectivity index (χ1) is 13.0. The Hall–Kier alpha value is -3.22. The number of phenols is 2. The summed E-state index contributed by atoms with van der Waals surface area (Å²) in [4.78, 5) is 12.6. The number of allylic oxidation sites excluding steroid dienone is 1.